The molecule has 1 atom stereocenters. The van der Waals surface area contributed by atoms with Crippen LogP contribution in [0, 0.1) is 0 Å². The Balaban J connectivity index is 2.24. The van der Waals surface area contributed by atoms with E-state index in [2.05, 4.69) is 25.3 Å². The van der Waals surface area contributed by atoms with Crippen LogP contribution in [0.1, 0.15) is 46.5 Å². The maximum atomic E-state index is 6.16. The van der Waals surface area contributed by atoms with Gasteiger partial charge in [-0.2, -0.15) is 0 Å². The molecule has 0 aromatic heterocycles. The molecule has 1 aliphatic heterocycles. The molecule has 94 valence electrons. The van der Waals surface area contributed by atoms with Gasteiger partial charge in [-0.25, -0.2) is 0 Å². The molecule has 16 heavy (non-hydrogen) atoms. The summed E-state index contributed by atoms with van der Waals surface area (Å²) in [7, 11) is -0.249. The molecule has 0 spiro atoms. The largest absolute Gasteiger partial charge is 0.431 e. The van der Waals surface area contributed by atoms with Crippen LogP contribution < -0.4 is 0 Å². The Hall–Kier alpha value is 0.0969. The van der Waals surface area contributed by atoms with Gasteiger partial charge >= 0.3 is 8.72 Å². The lowest BCUT2D eigenvalue weighted by Gasteiger charge is -2.43. The highest BCUT2D eigenvalue weighted by atomic mass is 28.4. The van der Waals surface area contributed by atoms with E-state index in [9.17, 15) is 0 Å². The average Bonchev–Trinajstić information content (AvgIpc) is 2.86. The van der Waals surface area contributed by atoms with E-state index in [0.29, 0.717) is 5.54 Å². The summed E-state index contributed by atoms with van der Waals surface area (Å²) in [6.45, 7) is 8.72. The summed E-state index contributed by atoms with van der Waals surface area (Å²) in [6, 6.07) is 0. The van der Waals surface area contributed by atoms with Gasteiger partial charge in [-0.05, 0) is 33.6 Å². The molecule has 4 heteroatoms. The van der Waals surface area contributed by atoms with Crippen molar-refractivity contribution in [3.63, 3.8) is 0 Å². The number of hydrogen-bond acceptors (Lipinski definition) is 3. The zero-order chi connectivity index (χ0) is 11.8. The third-order valence-electron chi connectivity index (χ3n) is 3.97. The van der Waals surface area contributed by atoms with Gasteiger partial charge in [0.2, 0.25) is 0 Å². The van der Waals surface area contributed by atoms with Crippen LogP contribution in [0.4, 0.5) is 0 Å². The fourth-order valence-electron chi connectivity index (χ4n) is 3.28. The van der Waals surface area contributed by atoms with Crippen molar-refractivity contribution in [2.45, 2.75) is 57.5 Å². The molecule has 2 aliphatic rings. The fourth-order valence-corrected chi connectivity index (χ4v) is 7.65. The Morgan fingerprint density at radius 3 is 2.38 bits per heavy atom. The van der Waals surface area contributed by atoms with Crippen molar-refractivity contribution in [3.8, 4) is 0 Å². The number of rotatable bonds is 2. The van der Waals surface area contributed by atoms with Gasteiger partial charge in [0, 0.05) is 31.3 Å². The Morgan fingerprint density at radius 2 is 1.88 bits per heavy atom. The Labute approximate surface area is 100 Å². The first-order chi connectivity index (χ1) is 7.50. The van der Waals surface area contributed by atoms with Gasteiger partial charge in [0.15, 0.2) is 0 Å². The van der Waals surface area contributed by atoms with E-state index < -0.39 is 8.72 Å². The Morgan fingerprint density at radius 1 is 1.25 bits per heavy atom. The molecule has 1 saturated carbocycles. The van der Waals surface area contributed by atoms with E-state index in [1.807, 2.05) is 7.11 Å². The second kappa shape index (κ2) is 4.41. The van der Waals surface area contributed by atoms with Crippen molar-refractivity contribution in [1.29, 1.82) is 0 Å². The van der Waals surface area contributed by atoms with E-state index >= 15 is 0 Å². The second-order valence-corrected chi connectivity index (χ2v) is 9.30. The first-order valence-electron chi connectivity index (χ1n) is 6.47. The van der Waals surface area contributed by atoms with Gasteiger partial charge in [0.25, 0.3) is 0 Å². The molecular weight excluding hydrogens is 218 g/mol. The van der Waals surface area contributed by atoms with Crippen LogP contribution in [-0.2, 0) is 8.85 Å². The predicted octanol–water partition coefficient (Wildman–Crippen LogP) is 2.65. The van der Waals surface area contributed by atoms with E-state index in [0.717, 1.165) is 13.2 Å². The van der Waals surface area contributed by atoms with Gasteiger partial charge in [-0.3, -0.25) is 4.57 Å². The average molecular weight is 243 g/mol. The van der Waals surface area contributed by atoms with Crippen LogP contribution in [0.3, 0.4) is 0 Å². The number of nitrogens with zero attached hydrogens (tertiary/aromatic N) is 1. The summed E-state index contributed by atoms with van der Waals surface area (Å²) in [5.74, 6) is 0. The zero-order valence-corrected chi connectivity index (χ0v) is 12.1. The van der Waals surface area contributed by atoms with Crippen molar-refractivity contribution in [1.82, 2.24) is 4.57 Å². The Bertz CT molecular complexity index is 248. The standard InChI is InChI=1S/C12H25NO2Si/c1-12(2,3)13-9-10-15-16(13,14-4)11-7-5-6-8-11/h11H,5-10H2,1-4H3. The smallest absolute Gasteiger partial charge is 0.386 e. The van der Waals surface area contributed by atoms with Gasteiger partial charge in [0.05, 0.1) is 0 Å². The number of hydrogen-bond donors (Lipinski definition) is 0. The summed E-state index contributed by atoms with van der Waals surface area (Å²) < 4.78 is 14.7. The molecule has 2 fully saturated rings. The van der Waals surface area contributed by atoms with Gasteiger partial charge in [-0.1, -0.05) is 12.8 Å². The Kier molecular flexibility index (Phi) is 3.46. The van der Waals surface area contributed by atoms with Crippen LogP contribution >= 0.6 is 0 Å². The highest BCUT2D eigenvalue weighted by Crippen LogP contribution is 2.45. The molecule has 0 amide bonds. The summed E-state index contributed by atoms with van der Waals surface area (Å²) in [5, 5.41) is 0. The molecule has 1 unspecified atom stereocenters. The maximum absolute atomic E-state index is 6.16. The highest BCUT2D eigenvalue weighted by Gasteiger charge is 2.58. The predicted molar refractivity (Wildman–Crippen MR) is 67.4 cm³/mol. The minimum atomic E-state index is -2.10. The van der Waals surface area contributed by atoms with Crippen LogP contribution in [0.25, 0.3) is 0 Å². The molecule has 1 saturated heterocycles. The zero-order valence-electron chi connectivity index (χ0n) is 11.1. The molecule has 0 aromatic carbocycles. The maximum Gasteiger partial charge on any atom is 0.431 e. The molecule has 0 N–H and O–H groups in total. The SMILES string of the molecule is CO[Si]1(C2CCCC2)OCCN1C(C)(C)C. The van der Waals surface area contributed by atoms with Crippen LogP contribution in [0.15, 0.2) is 0 Å². The van der Waals surface area contributed by atoms with Crippen LogP contribution in [-0.4, -0.2) is 39.1 Å². The lowest BCUT2D eigenvalue weighted by molar-refractivity contribution is 0.158. The van der Waals surface area contributed by atoms with E-state index in [1.54, 1.807) is 0 Å². The molecule has 0 radical (unpaired) electrons. The van der Waals surface area contributed by atoms with Crippen LogP contribution in [0.2, 0.25) is 5.54 Å². The van der Waals surface area contributed by atoms with Crippen molar-refractivity contribution in [3.05, 3.63) is 0 Å². The molecule has 3 nitrogen and oxygen atoms in total. The van der Waals surface area contributed by atoms with Crippen molar-refractivity contribution >= 4 is 8.72 Å². The van der Waals surface area contributed by atoms with Crippen LogP contribution in [0.5, 0.6) is 0 Å². The summed E-state index contributed by atoms with van der Waals surface area (Å²) in [6.07, 6.45) is 5.30. The topological polar surface area (TPSA) is 21.7 Å². The first-order valence-corrected chi connectivity index (χ1v) is 8.31. The molecule has 1 heterocycles. The van der Waals surface area contributed by atoms with Gasteiger partial charge in [0.1, 0.15) is 0 Å². The normalized spacial score (nSPS) is 33.8. The third-order valence-corrected chi connectivity index (χ3v) is 8.43. The summed E-state index contributed by atoms with van der Waals surface area (Å²) in [4.78, 5) is 0. The summed E-state index contributed by atoms with van der Waals surface area (Å²) >= 11 is 0. The van der Waals surface area contributed by atoms with E-state index in [-0.39, 0.29) is 5.54 Å². The first kappa shape index (κ1) is 12.6. The third kappa shape index (κ3) is 1.96. The quantitative estimate of drug-likeness (QED) is 0.696. The molecule has 0 aromatic rings. The monoisotopic (exact) mass is 243 g/mol. The molecule has 2 rings (SSSR count). The molecule has 1 aliphatic carbocycles. The lowest BCUT2D eigenvalue weighted by Crippen LogP contribution is -2.62. The molecular formula is C12H25NO2Si. The fraction of sp³-hybridized carbons (Fsp3) is 1.00. The molecule has 0 bridgehead atoms. The van der Waals surface area contributed by atoms with Crippen molar-refractivity contribution in [2.24, 2.45) is 0 Å². The highest BCUT2D eigenvalue weighted by molar-refractivity contribution is 6.66. The minimum Gasteiger partial charge on any atom is -0.386 e. The van der Waals surface area contributed by atoms with Crippen molar-refractivity contribution in [2.75, 3.05) is 20.3 Å². The van der Waals surface area contributed by atoms with Gasteiger partial charge < -0.3 is 8.85 Å². The van der Waals surface area contributed by atoms with E-state index in [1.165, 1.54) is 25.7 Å². The minimum absolute atomic E-state index is 0.168. The lowest BCUT2D eigenvalue weighted by atomic mass is 10.1. The summed E-state index contributed by atoms with van der Waals surface area (Å²) in [5.41, 5.74) is 0.848. The van der Waals surface area contributed by atoms with E-state index in [4.69, 9.17) is 8.85 Å². The van der Waals surface area contributed by atoms with Gasteiger partial charge in [-0.15, -0.1) is 0 Å². The van der Waals surface area contributed by atoms with Crippen molar-refractivity contribution < 1.29 is 8.85 Å². The second-order valence-electron chi connectivity index (χ2n) is 5.99.